The zero-order valence-corrected chi connectivity index (χ0v) is 10.9. The van der Waals surface area contributed by atoms with Crippen LogP contribution in [0.2, 0.25) is 0 Å². The Bertz CT molecular complexity index is 584. The summed E-state index contributed by atoms with van der Waals surface area (Å²) in [4.78, 5) is 18.6. The highest BCUT2D eigenvalue weighted by Crippen LogP contribution is 2.28. The third-order valence-electron chi connectivity index (χ3n) is 2.83. The number of H-pyrrole nitrogens is 1. The molecule has 2 N–H and O–H groups in total. The first-order valence-corrected chi connectivity index (χ1v) is 6.88. The number of nitrogens with one attached hydrogen (secondary N) is 1. The van der Waals surface area contributed by atoms with Gasteiger partial charge in [-0.1, -0.05) is 4.47 Å². The van der Waals surface area contributed by atoms with E-state index in [0.717, 1.165) is 4.47 Å². The minimum Gasteiger partial charge on any atom is -0.477 e. The normalized spacial score (nSPS) is 17.2. The summed E-state index contributed by atoms with van der Waals surface area (Å²) >= 11 is 0. The van der Waals surface area contributed by atoms with Crippen LogP contribution in [-0.2, 0) is 14.9 Å². The van der Waals surface area contributed by atoms with Crippen molar-refractivity contribution in [2.24, 2.45) is 0 Å². The number of aromatic amines is 1. The van der Waals surface area contributed by atoms with Crippen LogP contribution in [0.3, 0.4) is 0 Å². The second kappa shape index (κ2) is 4.38. The molecule has 1 fully saturated rings. The summed E-state index contributed by atoms with van der Waals surface area (Å²) < 4.78 is 25.5. The van der Waals surface area contributed by atoms with Gasteiger partial charge in [0.15, 0.2) is 0 Å². The summed E-state index contributed by atoms with van der Waals surface area (Å²) in [6.07, 6.45) is 0.632. The maximum absolute atomic E-state index is 12.3. The molecule has 0 unspecified atom stereocenters. The predicted octanol–water partition coefficient (Wildman–Crippen LogP) is 0.656. The highest BCUT2D eigenvalue weighted by atomic mass is 32.2. The molecule has 2 rings (SSSR count). The van der Waals surface area contributed by atoms with Gasteiger partial charge in [-0.2, -0.15) is 0 Å². The van der Waals surface area contributed by atoms with Gasteiger partial charge in [0.2, 0.25) is 0 Å². The number of hydrogen-bond donors (Lipinski definition) is 2. The van der Waals surface area contributed by atoms with Gasteiger partial charge in [-0.25, -0.2) is 13.2 Å². The van der Waals surface area contributed by atoms with Crippen molar-refractivity contribution >= 4 is 16.0 Å². The summed E-state index contributed by atoms with van der Waals surface area (Å²) in [5.41, 5.74) is 0.404. The molecule has 7 nitrogen and oxygen atoms in total. The Morgan fingerprint density at radius 3 is 2.56 bits per heavy atom. The van der Waals surface area contributed by atoms with Crippen LogP contribution in [-0.4, -0.2) is 42.1 Å². The van der Waals surface area contributed by atoms with E-state index in [9.17, 15) is 13.2 Å². The average Bonchev–Trinajstić information content (AvgIpc) is 2.86. The van der Waals surface area contributed by atoms with Crippen molar-refractivity contribution in [1.82, 2.24) is 9.45 Å². The van der Waals surface area contributed by atoms with Gasteiger partial charge in [0.25, 0.3) is 10.0 Å². The van der Waals surface area contributed by atoms with Gasteiger partial charge in [0, 0.05) is 17.8 Å². The van der Waals surface area contributed by atoms with E-state index in [0.29, 0.717) is 18.7 Å². The number of hydrogen-bond acceptors (Lipinski definition) is 4. The van der Waals surface area contributed by atoms with Crippen LogP contribution in [0.25, 0.3) is 0 Å². The molecule has 1 aromatic rings. The summed E-state index contributed by atoms with van der Waals surface area (Å²) in [5, 5.41) is 8.96. The largest absolute Gasteiger partial charge is 0.477 e. The predicted molar refractivity (Wildman–Crippen MR) is 61.7 cm³/mol. The first-order valence-electron chi connectivity index (χ1n) is 5.44. The Hall–Kier alpha value is -1.38. The molecule has 1 aromatic heterocycles. The maximum atomic E-state index is 12.3. The number of aromatic nitrogens is 1. The Morgan fingerprint density at radius 2 is 2.11 bits per heavy atom. The van der Waals surface area contributed by atoms with E-state index in [1.807, 2.05) is 0 Å². The Kier molecular flexibility index (Phi) is 3.18. The zero-order valence-electron chi connectivity index (χ0n) is 10.1. The third-order valence-corrected chi connectivity index (χ3v) is 4.78. The Labute approximate surface area is 104 Å². The number of rotatable bonds is 3. The SMILES string of the molecule is Cc1[nH]c(C(=O)O)c(C)c1S(=O)(=O)N1CCCO1. The van der Waals surface area contributed by atoms with Crippen LogP contribution in [0.1, 0.15) is 28.2 Å². The second-order valence-corrected chi connectivity index (χ2v) is 5.87. The van der Waals surface area contributed by atoms with E-state index in [-0.39, 0.29) is 22.7 Å². The van der Waals surface area contributed by atoms with Crippen molar-refractivity contribution in [2.45, 2.75) is 25.2 Å². The lowest BCUT2D eigenvalue weighted by Gasteiger charge is -2.14. The smallest absolute Gasteiger partial charge is 0.352 e. The molecule has 100 valence electrons. The average molecular weight is 274 g/mol. The summed E-state index contributed by atoms with van der Waals surface area (Å²) in [6, 6.07) is 0. The minimum absolute atomic E-state index is 0.0122. The number of sulfonamides is 1. The van der Waals surface area contributed by atoms with Gasteiger partial charge in [0.1, 0.15) is 10.6 Å². The topological polar surface area (TPSA) is 99.7 Å². The van der Waals surface area contributed by atoms with Crippen LogP contribution < -0.4 is 0 Å². The molecule has 0 aromatic carbocycles. The lowest BCUT2D eigenvalue weighted by Crippen LogP contribution is -2.27. The Balaban J connectivity index is 2.54. The van der Waals surface area contributed by atoms with E-state index in [1.54, 1.807) is 0 Å². The lowest BCUT2D eigenvalue weighted by molar-refractivity contribution is -0.0285. The minimum atomic E-state index is -3.80. The lowest BCUT2D eigenvalue weighted by atomic mass is 10.2. The Morgan fingerprint density at radius 1 is 1.44 bits per heavy atom. The molecule has 0 bridgehead atoms. The number of hydroxylamine groups is 1. The summed E-state index contributed by atoms with van der Waals surface area (Å²) in [7, 11) is -3.80. The van der Waals surface area contributed by atoms with Crippen LogP contribution in [0.5, 0.6) is 0 Å². The molecule has 2 heterocycles. The van der Waals surface area contributed by atoms with Crippen molar-refractivity contribution in [3.05, 3.63) is 17.0 Å². The van der Waals surface area contributed by atoms with Crippen molar-refractivity contribution in [1.29, 1.82) is 0 Å². The van der Waals surface area contributed by atoms with Crippen LogP contribution in [0.15, 0.2) is 4.90 Å². The van der Waals surface area contributed by atoms with Gasteiger partial charge >= 0.3 is 5.97 Å². The van der Waals surface area contributed by atoms with Crippen LogP contribution in [0, 0.1) is 13.8 Å². The first-order chi connectivity index (χ1) is 8.35. The number of aryl methyl sites for hydroxylation is 1. The van der Waals surface area contributed by atoms with E-state index < -0.39 is 16.0 Å². The molecule has 1 saturated heterocycles. The molecule has 1 aliphatic heterocycles. The molecule has 8 heteroatoms. The summed E-state index contributed by atoms with van der Waals surface area (Å²) in [6.45, 7) is 3.64. The van der Waals surface area contributed by atoms with E-state index in [4.69, 9.17) is 9.94 Å². The number of carbonyl (C=O) groups is 1. The van der Waals surface area contributed by atoms with Gasteiger partial charge in [-0.15, -0.1) is 0 Å². The fourth-order valence-electron chi connectivity index (χ4n) is 2.05. The van der Waals surface area contributed by atoms with Gasteiger partial charge in [0.05, 0.1) is 6.61 Å². The van der Waals surface area contributed by atoms with Crippen molar-refractivity contribution in [2.75, 3.05) is 13.2 Å². The van der Waals surface area contributed by atoms with Crippen molar-refractivity contribution in [3.63, 3.8) is 0 Å². The molecular formula is C10H14N2O5S. The molecule has 0 spiro atoms. The monoisotopic (exact) mass is 274 g/mol. The first kappa shape index (κ1) is 13.1. The highest BCUT2D eigenvalue weighted by molar-refractivity contribution is 7.89. The quantitative estimate of drug-likeness (QED) is 0.843. The van der Waals surface area contributed by atoms with E-state index in [1.165, 1.54) is 13.8 Å². The van der Waals surface area contributed by atoms with E-state index in [2.05, 4.69) is 4.98 Å². The molecule has 0 radical (unpaired) electrons. The van der Waals surface area contributed by atoms with E-state index >= 15 is 0 Å². The maximum Gasteiger partial charge on any atom is 0.352 e. The fraction of sp³-hybridized carbons (Fsp3) is 0.500. The zero-order chi connectivity index (χ0) is 13.5. The van der Waals surface area contributed by atoms with Crippen molar-refractivity contribution < 1.29 is 23.2 Å². The van der Waals surface area contributed by atoms with Gasteiger partial charge in [-0.3, -0.25) is 4.84 Å². The molecule has 0 saturated carbocycles. The number of carboxylic acid groups (broad SMARTS) is 1. The molecule has 0 aliphatic carbocycles. The molecular weight excluding hydrogens is 260 g/mol. The fourth-order valence-corrected chi connectivity index (χ4v) is 3.76. The van der Waals surface area contributed by atoms with Gasteiger partial charge in [-0.05, 0) is 20.3 Å². The standard InChI is InChI=1S/C10H14N2O5S/c1-6-8(10(13)14)11-7(2)9(6)18(15,16)12-4-3-5-17-12/h11H,3-5H2,1-2H3,(H,13,14). The molecule has 0 atom stereocenters. The molecule has 0 amide bonds. The number of nitrogens with zero attached hydrogens (tertiary/aromatic N) is 1. The van der Waals surface area contributed by atoms with Gasteiger partial charge < -0.3 is 10.1 Å². The number of carboxylic acids is 1. The summed E-state index contributed by atoms with van der Waals surface area (Å²) in [5.74, 6) is -1.18. The van der Waals surface area contributed by atoms with Crippen LogP contribution >= 0.6 is 0 Å². The highest BCUT2D eigenvalue weighted by Gasteiger charge is 2.34. The second-order valence-electron chi connectivity index (χ2n) is 4.10. The molecule has 18 heavy (non-hydrogen) atoms. The van der Waals surface area contributed by atoms with Crippen LogP contribution in [0.4, 0.5) is 0 Å². The molecule has 1 aliphatic rings. The third kappa shape index (κ3) is 1.92. The number of aromatic carboxylic acids is 1. The van der Waals surface area contributed by atoms with Crippen molar-refractivity contribution in [3.8, 4) is 0 Å².